The minimum absolute atomic E-state index is 0.118. The zero-order chi connectivity index (χ0) is 10.4. The summed E-state index contributed by atoms with van der Waals surface area (Å²) in [6, 6.07) is 9.06. The summed E-state index contributed by atoms with van der Waals surface area (Å²) in [5, 5.41) is 10.9. The Morgan fingerprint density at radius 3 is 2.86 bits per heavy atom. The standard InChI is InChI=1S/C10H11N3O/c11-6-5-10(14)13-7-8-3-1-2-4-9(8)12/h1-4H,5,7,12H2,(H,13,14). The van der Waals surface area contributed by atoms with Crippen LogP contribution in [0.2, 0.25) is 0 Å². The lowest BCUT2D eigenvalue weighted by atomic mass is 10.2. The molecule has 0 bridgehead atoms. The number of hydrogen-bond acceptors (Lipinski definition) is 3. The van der Waals surface area contributed by atoms with Crippen molar-refractivity contribution in [2.45, 2.75) is 13.0 Å². The van der Waals surface area contributed by atoms with Gasteiger partial charge in [-0.15, -0.1) is 0 Å². The van der Waals surface area contributed by atoms with Crippen LogP contribution >= 0.6 is 0 Å². The van der Waals surface area contributed by atoms with E-state index in [1.807, 2.05) is 18.2 Å². The Kier molecular flexibility index (Phi) is 3.50. The summed E-state index contributed by atoms with van der Waals surface area (Å²) in [5.41, 5.74) is 7.17. The Hall–Kier alpha value is -2.02. The number of nitrogens with two attached hydrogens (primary N) is 1. The first-order valence-electron chi connectivity index (χ1n) is 4.21. The predicted molar refractivity (Wildman–Crippen MR) is 52.9 cm³/mol. The van der Waals surface area contributed by atoms with Gasteiger partial charge in [0.15, 0.2) is 0 Å². The number of anilines is 1. The average molecular weight is 189 g/mol. The minimum atomic E-state index is -0.282. The van der Waals surface area contributed by atoms with Crippen LogP contribution in [-0.4, -0.2) is 5.91 Å². The molecule has 0 fully saturated rings. The summed E-state index contributed by atoms with van der Waals surface area (Å²) in [4.78, 5) is 11.0. The van der Waals surface area contributed by atoms with Crippen molar-refractivity contribution in [1.82, 2.24) is 5.32 Å². The molecule has 0 aliphatic rings. The number of benzene rings is 1. The third-order valence-electron chi connectivity index (χ3n) is 1.77. The normalized spacial score (nSPS) is 9.07. The van der Waals surface area contributed by atoms with E-state index < -0.39 is 0 Å². The van der Waals surface area contributed by atoms with E-state index in [0.29, 0.717) is 12.2 Å². The first kappa shape index (κ1) is 10.1. The van der Waals surface area contributed by atoms with Crippen molar-refractivity contribution >= 4 is 11.6 Å². The Morgan fingerprint density at radius 1 is 1.50 bits per heavy atom. The summed E-state index contributed by atoms with van der Waals surface area (Å²) >= 11 is 0. The van der Waals surface area contributed by atoms with E-state index in [4.69, 9.17) is 11.0 Å². The van der Waals surface area contributed by atoms with Gasteiger partial charge in [0.05, 0.1) is 6.07 Å². The number of rotatable bonds is 3. The summed E-state index contributed by atoms with van der Waals surface area (Å²) in [5.74, 6) is -0.282. The molecule has 0 atom stereocenters. The van der Waals surface area contributed by atoms with E-state index in [0.717, 1.165) is 5.56 Å². The van der Waals surface area contributed by atoms with E-state index in [2.05, 4.69) is 5.32 Å². The molecule has 1 rings (SSSR count). The fraction of sp³-hybridized carbons (Fsp3) is 0.200. The van der Waals surface area contributed by atoms with E-state index in [1.165, 1.54) is 0 Å². The zero-order valence-electron chi connectivity index (χ0n) is 7.66. The first-order valence-corrected chi connectivity index (χ1v) is 4.21. The topological polar surface area (TPSA) is 78.9 Å². The van der Waals surface area contributed by atoms with E-state index in [1.54, 1.807) is 12.1 Å². The van der Waals surface area contributed by atoms with Crippen LogP contribution in [0.1, 0.15) is 12.0 Å². The maximum atomic E-state index is 11.0. The molecule has 0 aromatic heterocycles. The van der Waals surface area contributed by atoms with Gasteiger partial charge in [0.1, 0.15) is 6.42 Å². The molecule has 4 heteroatoms. The molecule has 0 saturated heterocycles. The third-order valence-corrected chi connectivity index (χ3v) is 1.77. The van der Waals surface area contributed by atoms with Crippen LogP contribution in [0.25, 0.3) is 0 Å². The number of para-hydroxylation sites is 1. The van der Waals surface area contributed by atoms with Gasteiger partial charge >= 0.3 is 0 Å². The molecule has 0 saturated carbocycles. The molecule has 72 valence electrons. The molecule has 0 unspecified atom stereocenters. The quantitative estimate of drug-likeness (QED) is 0.690. The van der Waals surface area contributed by atoms with Crippen LogP contribution in [0.15, 0.2) is 24.3 Å². The number of carbonyl (C=O) groups excluding carboxylic acids is 1. The maximum absolute atomic E-state index is 11.0. The second kappa shape index (κ2) is 4.87. The van der Waals surface area contributed by atoms with Crippen LogP contribution < -0.4 is 11.1 Å². The SMILES string of the molecule is N#CCC(=O)NCc1ccccc1N. The Morgan fingerprint density at radius 2 is 2.21 bits per heavy atom. The number of nitrogens with one attached hydrogen (secondary N) is 1. The molecule has 0 aliphatic heterocycles. The molecule has 1 amide bonds. The van der Waals surface area contributed by atoms with E-state index in [9.17, 15) is 4.79 Å². The van der Waals surface area contributed by atoms with Gasteiger partial charge in [-0.2, -0.15) is 5.26 Å². The molecule has 0 radical (unpaired) electrons. The van der Waals surface area contributed by atoms with Gasteiger partial charge in [0, 0.05) is 12.2 Å². The summed E-state index contributed by atoms with van der Waals surface area (Å²) < 4.78 is 0. The van der Waals surface area contributed by atoms with Gasteiger partial charge in [-0.3, -0.25) is 4.79 Å². The number of nitriles is 1. The van der Waals surface area contributed by atoms with Gasteiger partial charge in [-0.05, 0) is 11.6 Å². The maximum Gasteiger partial charge on any atom is 0.234 e. The second-order valence-corrected chi connectivity index (χ2v) is 2.81. The Balaban J connectivity index is 2.51. The molecule has 0 heterocycles. The highest BCUT2D eigenvalue weighted by Crippen LogP contribution is 2.09. The zero-order valence-corrected chi connectivity index (χ0v) is 7.66. The Labute approximate surface area is 82.3 Å². The number of amides is 1. The minimum Gasteiger partial charge on any atom is -0.398 e. The van der Waals surface area contributed by atoms with Crippen molar-refractivity contribution in [3.63, 3.8) is 0 Å². The van der Waals surface area contributed by atoms with E-state index in [-0.39, 0.29) is 12.3 Å². The van der Waals surface area contributed by atoms with Crippen molar-refractivity contribution in [3.05, 3.63) is 29.8 Å². The number of carbonyl (C=O) groups is 1. The lowest BCUT2D eigenvalue weighted by Gasteiger charge is -2.05. The lowest BCUT2D eigenvalue weighted by Crippen LogP contribution is -2.22. The molecule has 1 aromatic rings. The lowest BCUT2D eigenvalue weighted by molar-refractivity contribution is -0.120. The average Bonchev–Trinajstić information content (AvgIpc) is 2.17. The molecule has 0 spiro atoms. The molecule has 4 nitrogen and oxygen atoms in total. The fourth-order valence-corrected chi connectivity index (χ4v) is 1.02. The third kappa shape index (κ3) is 2.79. The summed E-state index contributed by atoms with van der Waals surface area (Å²) in [6.07, 6.45) is -0.118. The van der Waals surface area contributed by atoms with Crippen molar-refractivity contribution in [2.24, 2.45) is 0 Å². The van der Waals surface area contributed by atoms with Crippen molar-refractivity contribution < 1.29 is 4.79 Å². The van der Waals surface area contributed by atoms with Crippen LogP contribution in [0, 0.1) is 11.3 Å². The molecular formula is C10H11N3O. The van der Waals surface area contributed by atoms with Gasteiger partial charge < -0.3 is 11.1 Å². The van der Waals surface area contributed by atoms with Gasteiger partial charge in [-0.1, -0.05) is 18.2 Å². The van der Waals surface area contributed by atoms with Crippen LogP contribution in [0.5, 0.6) is 0 Å². The predicted octanol–water partition coefficient (Wildman–Crippen LogP) is 0.799. The van der Waals surface area contributed by atoms with Crippen LogP contribution in [-0.2, 0) is 11.3 Å². The summed E-state index contributed by atoms with van der Waals surface area (Å²) in [6.45, 7) is 0.368. The van der Waals surface area contributed by atoms with Gasteiger partial charge in [-0.25, -0.2) is 0 Å². The van der Waals surface area contributed by atoms with Crippen molar-refractivity contribution in [1.29, 1.82) is 5.26 Å². The highest BCUT2D eigenvalue weighted by atomic mass is 16.1. The van der Waals surface area contributed by atoms with Crippen molar-refractivity contribution in [3.8, 4) is 6.07 Å². The van der Waals surface area contributed by atoms with Gasteiger partial charge in [0.2, 0.25) is 5.91 Å². The molecule has 1 aromatic carbocycles. The first-order chi connectivity index (χ1) is 6.74. The number of nitrogens with zero attached hydrogens (tertiary/aromatic N) is 1. The van der Waals surface area contributed by atoms with E-state index >= 15 is 0 Å². The Bertz CT molecular complexity index is 368. The molecule has 14 heavy (non-hydrogen) atoms. The molecule has 3 N–H and O–H groups in total. The van der Waals surface area contributed by atoms with Crippen LogP contribution in [0.4, 0.5) is 5.69 Å². The molecule has 0 aliphatic carbocycles. The monoisotopic (exact) mass is 189 g/mol. The highest BCUT2D eigenvalue weighted by molar-refractivity contribution is 5.78. The smallest absolute Gasteiger partial charge is 0.234 e. The number of hydrogen-bond donors (Lipinski definition) is 2. The summed E-state index contributed by atoms with van der Waals surface area (Å²) in [7, 11) is 0. The fourth-order valence-electron chi connectivity index (χ4n) is 1.02. The second-order valence-electron chi connectivity index (χ2n) is 2.81. The highest BCUT2D eigenvalue weighted by Gasteiger charge is 2.01. The van der Waals surface area contributed by atoms with Gasteiger partial charge in [0.25, 0.3) is 0 Å². The largest absolute Gasteiger partial charge is 0.398 e. The molecular weight excluding hydrogens is 178 g/mol. The number of nitrogen functional groups attached to an aromatic ring is 1. The van der Waals surface area contributed by atoms with Crippen LogP contribution in [0.3, 0.4) is 0 Å². The van der Waals surface area contributed by atoms with Crippen molar-refractivity contribution in [2.75, 3.05) is 5.73 Å².